The Bertz CT molecular complexity index is 1320. The summed E-state index contributed by atoms with van der Waals surface area (Å²) < 4.78 is 7.06. The molecule has 0 aliphatic rings. The maximum absolute atomic E-state index is 13.7. The molecule has 0 fully saturated rings. The molecule has 0 aliphatic heterocycles. The molecular weight excluding hydrogens is 456 g/mol. The number of benzene rings is 1. The highest BCUT2D eigenvalue weighted by Crippen LogP contribution is 2.32. The molecule has 0 spiro atoms. The van der Waals surface area contributed by atoms with E-state index in [2.05, 4.69) is 11.4 Å². The van der Waals surface area contributed by atoms with Gasteiger partial charge in [-0.3, -0.25) is 14.2 Å². The molecule has 0 radical (unpaired) electrons. The van der Waals surface area contributed by atoms with Gasteiger partial charge in [0.1, 0.15) is 16.1 Å². The Balaban J connectivity index is 2.11. The summed E-state index contributed by atoms with van der Waals surface area (Å²) in [4.78, 5) is 32.8. The van der Waals surface area contributed by atoms with E-state index in [1.807, 2.05) is 52.8 Å². The Morgan fingerprint density at radius 3 is 2.67 bits per heavy atom. The number of thioether (sulfide) groups is 1. The lowest BCUT2D eigenvalue weighted by Gasteiger charge is -2.27. The summed E-state index contributed by atoms with van der Waals surface area (Å²) in [5, 5.41) is 13.3. The van der Waals surface area contributed by atoms with E-state index in [9.17, 15) is 14.9 Å². The molecule has 2 heterocycles. The third-order valence-corrected chi connectivity index (χ3v) is 7.91. The van der Waals surface area contributed by atoms with E-state index < -0.39 is 5.54 Å². The van der Waals surface area contributed by atoms with Crippen LogP contribution in [0.15, 0.2) is 28.2 Å². The lowest BCUT2D eigenvalue weighted by Crippen LogP contribution is -2.49. The van der Waals surface area contributed by atoms with Crippen molar-refractivity contribution in [3.63, 3.8) is 0 Å². The van der Waals surface area contributed by atoms with E-state index in [4.69, 9.17) is 9.72 Å². The fraction of sp³-hybridized carbons (Fsp3) is 0.417. The number of methoxy groups -OCH3 is 1. The maximum atomic E-state index is 13.7. The lowest BCUT2D eigenvalue weighted by atomic mass is 9.90. The largest absolute Gasteiger partial charge is 0.495 e. The highest BCUT2D eigenvalue weighted by atomic mass is 32.2. The number of nitrogens with one attached hydrogen (secondary N) is 1. The number of nitrogens with zero attached hydrogens (tertiary/aromatic N) is 3. The zero-order valence-corrected chi connectivity index (χ0v) is 21.5. The Hall–Kier alpha value is -2.83. The molecule has 1 aromatic carbocycles. The van der Waals surface area contributed by atoms with Gasteiger partial charge in [0.25, 0.3) is 5.56 Å². The molecular formula is C24H28N4O3S2. The summed E-state index contributed by atoms with van der Waals surface area (Å²) in [5.74, 6) is 0.196. The topological polar surface area (TPSA) is 97.0 Å². The Kier molecular flexibility index (Phi) is 7.20. The quantitative estimate of drug-likeness (QED) is 0.391. The summed E-state index contributed by atoms with van der Waals surface area (Å²) in [6.07, 6.45) is 0. The molecule has 1 amide bonds. The van der Waals surface area contributed by atoms with E-state index in [-0.39, 0.29) is 23.1 Å². The van der Waals surface area contributed by atoms with Gasteiger partial charge in [-0.15, -0.1) is 11.3 Å². The van der Waals surface area contributed by atoms with Crippen LogP contribution in [0.2, 0.25) is 0 Å². The summed E-state index contributed by atoms with van der Waals surface area (Å²) in [5.41, 5.74) is 1.27. The minimum atomic E-state index is -0.976. The minimum Gasteiger partial charge on any atom is -0.495 e. The van der Waals surface area contributed by atoms with Crippen molar-refractivity contribution in [3.8, 4) is 17.5 Å². The van der Waals surface area contributed by atoms with Crippen molar-refractivity contribution < 1.29 is 9.53 Å². The van der Waals surface area contributed by atoms with Crippen LogP contribution < -0.4 is 15.6 Å². The number of carbonyl (C=O) groups excluding carboxylic acids is 1. The molecule has 2 aromatic heterocycles. The highest BCUT2D eigenvalue weighted by Gasteiger charge is 2.30. The predicted octanol–water partition coefficient (Wildman–Crippen LogP) is 4.53. The second-order valence-electron chi connectivity index (χ2n) is 8.48. The first-order valence-corrected chi connectivity index (χ1v) is 12.4. The third-order valence-electron chi connectivity index (χ3n) is 5.87. The average molecular weight is 485 g/mol. The molecule has 1 N–H and O–H groups in total. The fourth-order valence-corrected chi connectivity index (χ4v) is 5.19. The van der Waals surface area contributed by atoms with Crippen molar-refractivity contribution in [2.24, 2.45) is 5.92 Å². The Labute approximate surface area is 201 Å². The predicted molar refractivity (Wildman–Crippen MR) is 134 cm³/mol. The zero-order chi connectivity index (χ0) is 24.5. The number of hydrogen-bond donors (Lipinski definition) is 1. The van der Waals surface area contributed by atoms with Gasteiger partial charge >= 0.3 is 0 Å². The molecule has 9 heteroatoms. The first-order valence-electron chi connectivity index (χ1n) is 10.5. The molecule has 0 saturated carbocycles. The Morgan fingerprint density at radius 1 is 1.36 bits per heavy atom. The molecule has 174 valence electrons. The van der Waals surface area contributed by atoms with Gasteiger partial charge in [0.15, 0.2) is 5.16 Å². The molecule has 0 aliphatic carbocycles. The summed E-state index contributed by atoms with van der Waals surface area (Å²) in [6, 6.07) is 7.78. The van der Waals surface area contributed by atoms with Crippen molar-refractivity contribution in [1.29, 1.82) is 5.26 Å². The SMILES string of the molecule is COc1ccc(C)cc1-n1c(SCC(=O)N[C@](C)(C#N)C(C)C)nc2sc(C)c(C)c2c1=O. The number of fused-ring (bicyclic) bond motifs is 1. The summed E-state index contributed by atoms with van der Waals surface area (Å²) in [7, 11) is 1.56. The summed E-state index contributed by atoms with van der Waals surface area (Å²) in [6.45, 7) is 11.3. The highest BCUT2D eigenvalue weighted by molar-refractivity contribution is 7.99. The van der Waals surface area contributed by atoms with Gasteiger partial charge in [-0.05, 0) is 56.9 Å². The first kappa shape index (κ1) is 24.8. The van der Waals surface area contributed by atoms with Crippen LogP contribution >= 0.6 is 23.1 Å². The van der Waals surface area contributed by atoms with Crippen LogP contribution in [-0.4, -0.2) is 33.9 Å². The van der Waals surface area contributed by atoms with Crippen molar-refractivity contribution in [2.75, 3.05) is 12.9 Å². The maximum Gasteiger partial charge on any atom is 0.267 e. The van der Waals surface area contributed by atoms with Gasteiger partial charge in [0.2, 0.25) is 5.91 Å². The van der Waals surface area contributed by atoms with Crippen LogP contribution in [0.3, 0.4) is 0 Å². The van der Waals surface area contributed by atoms with E-state index in [0.29, 0.717) is 26.8 Å². The fourth-order valence-electron chi connectivity index (χ4n) is 3.32. The zero-order valence-electron chi connectivity index (χ0n) is 19.9. The van der Waals surface area contributed by atoms with Crippen molar-refractivity contribution in [2.45, 2.75) is 52.2 Å². The number of aryl methyl sites for hydroxylation is 3. The number of amides is 1. The van der Waals surface area contributed by atoms with Crippen LogP contribution in [0.4, 0.5) is 0 Å². The normalized spacial score (nSPS) is 13.1. The van der Waals surface area contributed by atoms with Gasteiger partial charge in [0.05, 0.1) is 30.0 Å². The van der Waals surface area contributed by atoms with Gasteiger partial charge in [-0.25, -0.2) is 4.98 Å². The van der Waals surface area contributed by atoms with E-state index in [0.717, 1.165) is 27.8 Å². The number of rotatable bonds is 7. The van der Waals surface area contributed by atoms with Crippen LogP contribution in [0.5, 0.6) is 5.75 Å². The molecule has 7 nitrogen and oxygen atoms in total. The van der Waals surface area contributed by atoms with Gasteiger partial charge < -0.3 is 10.1 Å². The van der Waals surface area contributed by atoms with Crippen molar-refractivity contribution >= 4 is 39.2 Å². The van der Waals surface area contributed by atoms with E-state index >= 15 is 0 Å². The summed E-state index contributed by atoms with van der Waals surface area (Å²) >= 11 is 2.63. The van der Waals surface area contributed by atoms with E-state index in [1.54, 1.807) is 14.0 Å². The molecule has 0 bridgehead atoms. The van der Waals surface area contributed by atoms with Crippen LogP contribution in [0.1, 0.15) is 36.8 Å². The van der Waals surface area contributed by atoms with Crippen molar-refractivity contribution in [3.05, 3.63) is 44.6 Å². The lowest BCUT2D eigenvalue weighted by molar-refractivity contribution is -0.120. The van der Waals surface area contributed by atoms with Crippen molar-refractivity contribution in [1.82, 2.24) is 14.9 Å². The number of ether oxygens (including phenoxy) is 1. The third kappa shape index (κ3) is 4.77. The second-order valence-corrected chi connectivity index (χ2v) is 10.6. The van der Waals surface area contributed by atoms with Crippen LogP contribution in [-0.2, 0) is 4.79 Å². The second kappa shape index (κ2) is 9.57. The van der Waals surface area contributed by atoms with Crippen LogP contribution in [0, 0.1) is 38.0 Å². The van der Waals surface area contributed by atoms with Gasteiger partial charge in [-0.2, -0.15) is 5.26 Å². The first-order chi connectivity index (χ1) is 15.5. The van der Waals surface area contributed by atoms with Crippen LogP contribution in [0.25, 0.3) is 15.9 Å². The van der Waals surface area contributed by atoms with Gasteiger partial charge in [-0.1, -0.05) is 31.7 Å². The molecule has 0 saturated heterocycles. The molecule has 0 unspecified atom stereocenters. The Morgan fingerprint density at radius 2 is 2.06 bits per heavy atom. The molecule has 33 heavy (non-hydrogen) atoms. The smallest absolute Gasteiger partial charge is 0.267 e. The van der Waals surface area contributed by atoms with Gasteiger partial charge in [0, 0.05) is 4.88 Å². The number of hydrogen-bond acceptors (Lipinski definition) is 7. The monoisotopic (exact) mass is 484 g/mol. The minimum absolute atomic E-state index is 0.0133. The van der Waals surface area contributed by atoms with E-state index in [1.165, 1.54) is 15.9 Å². The number of nitriles is 1. The standard InChI is InChI=1S/C24H28N4O3S2/c1-13(2)24(6,12-25)27-19(29)11-32-23-26-21-20(15(4)16(5)33-21)22(30)28(23)17-10-14(3)8-9-18(17)31-7/h8-10,13H,11H2,1-7H3,(H,27,29)/t24-/m1/s1. The number of aromatic nitrogens is 2. The number of thiophene rings is 1. The molecule has 3 rings (SSSR count). The molecule has 1 atom stereocenters. The molecule has 3 aromatic rings. The average Bonchev–Trinajstić information content (AvgIpc) is 3.05. The number of carbonyl (C=O) groups is 1.